The molecule has 1 saturated heterocycles. The van der Waals surface area contributed by atoms with E-state index >= 15 is 0 Å². The standard InChI is InChI=1S/C18H17ClN2O5/c19-17-7-6-13(21(23)24)10-16(17)18(22)20-12-3-1-4-14(9-12)26-11-15-5-2-8-25-15/h1,3-4,6-7,9-10,15H,2,5,8,11H2,(H,20,22). The molecule has 0 aliphatic carbocycles. The number of nitro groups is 1. The van der Waals surface area contributed by atoms with E-state index in [2.05, 4.69) is 5.32 Å². The SMILES string of the molecule is O=C(Nc1cccc(OCC2CCCO2)c1)c1cc([N+](=O)[O-])ccc1Cl. The van der Waals surface area contributed by atoms with Crippen LogP contribution in [0.25, 0.3) is 0 Å². The first-order valence-corrected chi connectivity index (χ1v) is 8.50. The van der Waals surface area contributed by atoms with Crippen LogP contribution in [0.15, 0.2) is 42.5 Å². The van der Waals surface area contributed by atoms with Gasteiger partial charge in [-0.2, -0.15) is 0 Å². The number of benzene rings is 2. The lowest BCUT2D eigenvalue weighted by molar-refractivity contribution is -0.384. The number of amides is 1. The van der Waals surface area contributed by atoms with Crippen LogP contribution < -0.4 is 10.1 Å². The molecule has 0 radical (unpaired) electrons. The zero-order valence-electron chi connectivity index (χ0n) is 13.8. The normalized spacial score (nSPS) is 16.3. The van der Waals surface area contributed by atoms with Crippen molar-refractivity contribution in [3.8, 4) is 5.75 Å². The van der Waals surface area contributed by atoms with E-state index in [0.29, 0.717) is 18.0 Å². The molecule has 0 aromatic heterocycles. The van der Waals surface area contributed by atoms with Crippen molar-refractivity contribution in [2.75, 3.05) is 18.5 Å². The second-order valence-corrected chi connectivity index (χ2v) is 6.26. The molecule has 136 valence electrons. The minimum absolute atomic E-state index is 0.0338. The molecule has 1 aliphatic rings. The van der Waals surface area contributed by atoms with Gasteiger partial charge in [0.2, 0.25) is 0 Å². The van der Waals surface area contributed by atoms with Crippen LogP contribution >= 0.6 is 11.6 Å². The summed E-state index contributed by atoms with van der Waals surface area (Å²) in [7, 11) is 0. The Morgan fingerprint density at radius 3 is 2.92 bits per heavy atom. The number of carbonyl (C=O) groups excluding carboxylic acids is 1. The van der Waals surface area contributed by atoms with Crippen LogP contribution in [0.5, 0.6) is 5.75 Å². The van der Waals surface area contributed by atoms with E-state index in [1.165, 1.54) is 12.1 Å². The van der Waals surface area contributed by atoms with Crippen molar-refractivity contribution in [1.82, 2.24) is 0 Å². The average molecular weight is 377 g/mol. The molecule has 26 heavy (non-hydrogen) atoms. The first kappa shape index (κ1) is 18.2. The Labute approximate surface area is 155 Å². The zero-order valence-corrected chi connectivity index (χ0v) is 14.6. The molecule has 1 N–H and O–H groups in total. The molecule has 1 atom stereocenters. The summed E-state index contributed by atoms with van der Waals surface area (Å²) >= 11 is 5.99. The number of nitrogens with one attached hydrogen (secondary N) is 1. The smallest absolute Gasteiger partial charge is 0.270 e. The highest BCUT2D eigenvalue weighted by Gasteiger charge is 2.17. The van der Waals surface area contributed by atoms with Gasteiger partial charge in [-0.05, 0) is 31.0 Å². The fourth-order valence-electron chi connectivity index (χ4n) is 2.63. The van der Waals surface area contributed by atoms with Crippen molar-refractivity contribution in [2.45, 2.75) is 18.9 Å². The van der Waals surface area contributed by atoms with E-state index in [-0.39, 0.29) is 22.4 Å². The summed E-state index contributed by atoms with van der Waals surface area (Å²) in [5, 5.41) is 13.7. The summed E-state index contributed by atoms with van der Waals surface area (Å²) in [5.41, 5.74) is 0.335. The second-order valence-electron chi connectivity index (χ2n) is 5.85. The molecular formula is C18H17ClN2O5. The lowest BCUT2D eigenvalue weighted by Gasteiger charge is -2.13. The fraction of sp³-hybridized carbons (Fsp3) is 0.278. The van der Waals surface area contributed by atoms with Crippen molar-refractivity contribution in [3.63, 3.8) is 0 Å². The highest BCUT2D eigenvalue weighted by Crippen LogP contribution is 2.24. The van der Waals surface area contributed by atoms with Gasteiger partial charge in [-0.15, -0.1) is 0 Å². The predicted octanol–water partition coefficient (Wildman–Crippen LogP) is 4.06. The number of nitro benzene ring substituents is 1. The number of rotatable bonds is 6. The van der Waals surface area contributed by atoms with Crippen molar-refractivity contribution >= 4 is 28.9 Å². The van der Waals surface area contributed by atoms with E-state index in [1.54, 1.807) is 24.3 Å². The largest absolute Gasteiger partial charge is 0.491 e. The summed E-state index contributed by atoms with van der Waals surface area (Å²) in [4.78, 5) is 22.7. The molecular weight excluding hydrogens is 360 g/mol. The summed E-state index contributed by atoms with van der Waals surface area (Å²) in [6.07, 6.45) is 2.10. The monoisotopic (exact) mass is 376 g/mol. The van der Waals surface area contributed by atoms with E-state index in [0.717, 1.165) is 25.5 Å². The number of hydrogen-bond acceptors (Lipinski definition) is 5. The number of nitrogens with zero attached hydrogens (tertiary/aromatic N) is 1. The van der Waals surface area contributed by atoms with Gasteiger partial charge in [0, 0.05) is 30.5 Å². The molecule has 0 bridgehead atoms. The molecule has 1 heterocycles. The minimum atomic E-state index is -0.577. The maximum atomic E-state index is 12.4. The molecule has 8 heteroatoms. The third-order valence-corrected chi connectivity index (χ3v) is 4.29. The summed E-state index contributed by atoms with van der Waals surface area (Å²) in [5.74, 6) is 0.0680. The van der Waals surface area contributed by atoms with Gasteiger partial charge in [-0.1, -0.05) is 17.7 Å². The molecule has 7 nitrogen and oxygen atoms in total. The van der Waals surface area contributed by atoms with Gasteiger partial charge in [0.05, 0.1) is 21.6 Å². The van der Waals surface area contributed by atoms with E-state index in [9.17, 15) is 14.9 Å². The lowest BCUT2D eigenvalue weighted by atomic mass is 10.2. The maximum Gasteiger partial charge on any atom is 0.270 e. The number of halogens is 1. The third-order valence-electron chi connectivity index (χ3n) is 3.96. The first-order chi connectivity index (χ1) is 12.5. The molecule has 2 aromatic rings. The molecule has 1 aliphatic heterocycles. The second kappa shape index (κ2) is 8.16. The van der Waals surface area contributed by atoms with Crippen molar-refractivity contribution in [1.29, 1.82) is 0 Å². The number of ether oxygens (including phenoxy) is 2. The van der Waals surface area contributed by atoms with Crippen LogP contribution in [0.1, 0.15) is 23.2 Å². The Kier molecular flexibility index (Phi) is 5.70. The Morgan fingerprint density at radius 1 is 1.35 bits per heavy atom. The Hall–Kier alpha value is -2.64. The molecule has 1 unspecified atom stereocenters. The van der Waals surface area contributed by atoms with Crippen molar-refractivity contribution < 1.29 is 19.2 Å². The van der Waals surface area contributed by atoms with Crippen LogP contribution in [-0.4, -0.2) is 30.1 Å². The predicted molar refractivity (Wildman–Crippen MR) is 97.0 cm³/mol. The highest BCUT2D eigenvalue weighted by atomic mass is 35.5. The Morgan fingerprint density at radius 2 is 2.19 bits per heavy atom. The zero-order chi connectivity index (χ0) is 18.5. The summed E-state index contributed by atoms with van der Waals surface area (Å²) in [6.45, 7) is 1.21. The van der Waals surface area contributed by atoms with Gasteiger partial charge in [0.25, 0.3) is 11.6 Å². The van der Waals surface area contributed by atoms with Crippen molar-refractivity contribution in [3.05, 3.63) is 63.2 Å². The third kappa shape index (κ3) is 4.50. The summed E-state index contributed by atoms with van der Waals surface area (Å²) in [6, 6.07) is 10.6. The quantitative estimate of drug-likeness (QED) is 0.606. The van der Waals surface area contributed by atoms with Crippen LogP contribution in [-0.2, 0) is 4.74 Å². The number of non-ortho nitro benzene ring substituents is 1. The fourth-order valence-corrected chi connectivity index (χ4v) is 2.83. The molecule has 2 aromatic carbocycles. The van der Waals surface area contributed by atoms with E-state index in [1.807, 2.05) is 0 Å². The lowest BCUT2D eigenvalue weighted by Crippen LogP contribution is -2.16. The van der Waals surface area contributed by atoms with Crippen LogP contribution in [0.2, 0.25) is 5.02 Å². The van der Waals surface area contributed by atoms with Gasteiger partial charge in [0.15, 0.2) is 0 Å². The van der Waals surface area contributed by atoms with Crippen LogP contribution in [0, 0.1) is 10.1 Å². The molecule has 3 rings (SSSR count). The Balaban J connectivity index is 1.68. The van der Waals surface area contributed by atoms with E-state index in [4.69, 9.17) is 21.1 Å². The number of hydrogen-bond donors (Lipinski definition) is 1. The Bertz CT molecular complexity index is 821. The molecule has 1 amide bonds. The number of anilines is 1. The maximum absolute atomic E-state index is 12.4. The average Bonchev–Trinajstić information content (AvgIpc) is 3.14. The van der Waals surface area contributed by atoms with Crippen LogP contribution in [0.4, 0.5) is 11.4 Å². The van der Waals surface area contributed by atoms with Gasteiger partial charge < -0.3 is 14.8 Å². The highest BCUT2D eigenvalue weighted by molar-refractivity contribution is 6.34. The molecule has 0 spiro atoms. The number of carbonyl (C=O) groups is 1. The van der Waals surface area contributed by atoms with Gasteiger partial charge in [-0.3, -0.25) is 14.9 Å². The van der Waals surface area contributed by atoms with Gasteiger partial charge in [-0.25, -0.2) is 0 Å². The summed E-state index contributed by atoms with van der Waals surface area (Å²) < 4.78 is 11.2. The topological polar surface area (TPSA) is 90.7 Å². The van der Waals surface area contributed by atoms with Crippen molar-refractivity contribution in [2.24, 2.45) is 0 Å². The van der Waals surface area contributed by atoms with E-state index < -0.39 is 10.8 Å². The van der Waals surface area contributed by atoms with Crippen LogP contribution in [0.3, 0.4) is 0 Å². The first-order valence-electron chi connectivity index (χ1n) is 8.12. The molecule has 1 fully saturated rings. The van der Waals surface area contributed by atoms with Gasteiger partial charge in [0.1, 0.15) is 12.4 Å². The van der Waals surface area contributed by atoms with Gasteiger partial charge >= 0.3 is 0 Å². The minimum Gasteiger partial charge on any atom is -0.491 e. The molecule has 0 saturated carbocycles.